The van der Waals surface area contributed by atoms with Gasteiger partial charge < -0.3 is 20.1 Å². The number of nitrogens with one attached hydrogen (secondary N) is 2. The molecule has 0 bridgehead atoms. The van der Waals surface area contributed by atoms with Crippen LogP contribution >= 0.6 is 0 Å². The Morgan fingerprint density at radius 3 is 2.91 bits per heavy atom. The van der Waals surface area contributed by atoms with Crippen LogP contribution in [0.3, 0.4) is 0 Å². The standard InChI is InChI=1S/C16H15N3O4/c1-22-15-7-6-10(9-17-15)18-14(20)8-13-16(21)19-11-4-2-3-5-12(11)23-13/h2-7,9,13H,8H2,1H3,(H,18,20)(H,19,21)/t13-/m1/s1. The fourth-order valence-electron chi connectivity index (χ4n) is 2.18. The van der Waals surface area contributed by atoms with Gasteiger partial charge in [-0.05, 0) is 18.2 Å². The predicted octanol–water partition coefficient (Wildman–Crippen LogP) is 1.82. The molecule has 0 fully saturated rings. The van der Waals surface area contributed by atoms with Gasteiger partial charge in [-0.2, -0.15) is 0 Å². The van der Waals surface area contributed by atoms with Gasteiger partial charge in [-0.15, -0.1) is 0 Å². The minimum Gasteiger partial charge on any atom is -0.481 e. The minimum atomic E-state index is -0.865. The van der Waals surface area contributed by atoms with Crippen molar-refractivity contribution in [1.29, 1.82) is 0 Å². The smallest absolute Gasteiger partial charge is 0.266 e. The van der Waals surface area contributed by atoms with Crippen LogP contribution < -0.4 is 20.1 Å². The lowest BCUT2D eigenvalue weighted by molar-refractivity contribution is -0.128. The summed E-state index contributed by atoms with van der Waals surface area (Å²) in [5, 5.41) is 5.39. The molecular weight excluding hydrogens is 298 g/mol. The molecule has 1 aliphatic rings. The van der Waals surface area contributed by atoms with Crippen LogP contribution in [0.5, 0.6) is 11.6 Å². The van der Waals surface area contributed by atoms with E-state index in [9.17, 15) is 9.59 Å². The Morgan fingerprint density at radius 1 is 1.35 bits per heavy atom. The average molecular weight is 313 g/mol. The minimum absolute atomic E-state index is 0.0911. The number of carbonyl (C=O) groups excluding carboxylic acids is 2. The van der Waals surface area contributed by atoms with E-state index >= 15 is 0 Å². The van der Waals surface area contributed by atoms with E-state index in [1.807, 2.05) is 0 Å². The lowest BCUT2D eigenvalue weighted by Crippen LogP contribution is -2.39. The molecule has 1 atom stereocenters. The van der Waals surface area contributed by atoms with Gasteiger partial charge in [0.15, 0.2) is 6.10 Å². The number of amides is 2. The Labute approximate surface area is 132 Å². The molecule has 0 spiro atoms. The first-order chi connectivity index (χ1) is 11.2. The summed E-state index contributed by atoms with van der Waals surface area (Å²) in [6.45, 7) is 0. The Balaban J connectivity index is 1.62. The van der Waals surface area contributed by atoms with E-state index in [1.165, 1.54) is 13.3 Å². The monoisotopic (exact) mass is 313 g/mol. The van der Waals surface area contributed by atoms with Crippen molar-refractivity contribution in [1.82, 2.24) is 4.98 Å². The number of hydrogen-bond donors (Lipinski definition) is 2. The van der Waals surface area contributed by atoms with Gasteiger partial charge >= 0.3 is 0 Å². The van der Waals surface area contributed by atoms with Crippen molar-refractivity contribution in [2.45, 2.75) is 12.5 Å². The number of aromatic nitrogens is 1. The van der Waals surface area contributed by atoms with Crippen LogP contribution in [0.4, 0.5) is 11.4 Å². The van der Waals surface area contributed by atoms with Crippen molar-refractivity contribution in [3.63, 3.8) is 0 Å². The van der Waals surface area contributed by atoms with Gasteiger partial charge in [-0.25, -0.2) is 4.98 Å². The number of hydrogen-bond acceptors (Lipinski definition) is 5. The molecule has 0 unspecified atom stereocenters. The highest BCUT2D eigenvalue weighted by Gasteiger charge is 2.29. The maximum absolute atomic E-state index is 12.1. The quantitative estimate of drug-likeness (QED) is 0.898. The predicted molar refractivity (Wildman–Crippen MR) is 83.5 cm³/mol. The van der Waals surface area contributed by atoms with Crippen molar-refractivity contribution in [3.8, 4) is 11.6 Å². The van der Waals surface area contributed by atoms with Gasteiger partial charge in [0, 0.05) is 6.07 Å². The van der Waals surface area contributed by atoms with Crippen LogP contribution in [0.15, 0.2) is 42.6 Å². The zero-order valence-electron chi connectivity index (χ0n) is 12.4. The fraction of sp³-hybridized carbons (Fsp3) is 0.188. The van der Waals surface area contributed by atoms with E-state index in [1.54, 1.807) is 36.4 Å². The van der Waals surface area contributed by atoms with Gasteiger partial charge in [0.2, 0.25) is 11.8 Å². The number of pyridine rings is 1. The maximum atomic E-state index is 12.1. The first-order valence-electron chi connectivity index (χ1n) is 7.02. The summed E-state index contributed by atoms with van der Waals surface area (Å²) in [5.74, 6) is 0.328. The lowest BCUT2D eigenvalue weighted by Gasteiger charge is -2.25. The topological polar surface area (TPSA) is 89.5 Å². The second-order valence-corrected chi connectivity index (χ2v) is 4.93. The molecule has 7 heteroatoms. The van der Waals surface area contributed by atoms with Crippen LogP contribution in [0, 0.1) is 0 Å². The van der Waals surface area contributed by atoms with Crippen LogP contribution in [-0.4, -0.2) is 30.0 Å². The molecule has 7 nitrogen and oxygen atoms in total. The van der Waals surface area contributed by atoms with Gasteiger partial charge in [-0.3, -0.25) is 9.59 Å². The summed E-state index contributed by atoms with van der Waals surface area (Å²) >= 11 is 0. The van der Waals surface area contributed by atoms with Gasteiger partial charge in [0.1, 0.15) is 5.75 Å². The number of methoxy groups -OCH3 is 1. The summed E-state index contributed by atoms with van der Waals surface area (Å²) in [6, 6.07) is 10.4. The van der Waals surface area contributed by atoms with Gasteiger partial charge in [-0.1, -0.05) is 12.1 Å². The van der Waals surface area contributed by atoms with Crippen LogP contribution in [0.1, 0.15) is 6.42 Å². The van der Waals surface area contributed by atoms with E-state index < -0.39 is 6.10 Å². The molecule has 2 heterocycles. The van der Waals surface area contributed by atoms with E-state index in [4.69, 9.17) is 9.47 Å². The van der Waals surface area contributed by atoms with Crippen molar-refractivity contribution in [3.05, 3.63) is 42.6 Å². The lowest BCUT2D eigenvalue weighted by atomic mass is 10.1. The summed E-state index contributed by atoms with van der Waals surface area (Å²) < 4.78 is 10.5. The third-order valence-corrected chi connectivity index (χ3v) is 3.31. The molecule has 3 rings (SSSR count). The first kappa shape index (κ1) is 14.8. The van der Waals surface area contributed by atoms with Gasteiger partial charge in [0.05, 0.1) is 31.1 Å². The van der Waals surface area contributed by atoms with Crippen molar-refractivity contribution in [2.24, 2.45) is 0 Å². The Morgan fingerprint density at radius 2 is 2.17 bits per heavy atom. The molecule has 118 valence electrons. The number of para-hydroxylation sites is 2. The highest BCUT2D eigenvalue weighted by Crippen LogP contribution is 2.29. The number of ether oxygens (including phenoxy) is 2. The first-order valence-corrected chi connectivity index (χ1v) is 7.02. The van der Waals surface area contributed by atoms with E-state index in [-0.39, 0.29) is 18.2 Å². The van der Waals surface area contributed by atoms with E-state index in [2.05, 4.69) is 15.6 Å². The number of carbonyl (C=O) groups is 2. The third kappa shape index (κ3) is 3.39. The Bertz CT molecular complexity index is 730. The van der Waals surface area contributed by atoms with Crippen LogP contribution in [0.2, 0.25) is 0 Å². The number of nitrogens with zero attached hydrogens (tertiary/aromatic N) is 1. The molecule has 0 saturated carbocycles. The van der Waals surface area contributed by atoms with E-state index in [0.717, 1.165) is 0 Å². The third-order valence-electron chi connectivity index (χ3n) is 3.31. The van der Waals surface area contributed by atoms with Gasteiger partial charge in [0.25, 0.3) is 5.91 Å². The maximum Gasteiger partial charge on any atom is 0.266 e. The zero-order valence-corrected chi connectivity index (χ0v) is 12.4. The van der Waals surface area contributed by atoms with Crippen LogP contribution in [-0.2, 0) is 9.59 Å². The molecule has 1 aromatic heterocycles. The summed E-state index contributed by atoms with van der Waals surface area (Å²) in [4.78, 5) is 28.0. The number of fused-ring (bicyclic) bond motifs is 1. The molecule has 1 aromatic carbocycles. The molecule has 0 aliphatic carbocycles. The van der Waals surface area contributed by atoms with Crippen molar-refractivity contribution in [2.75, 3.05) is 17.7 Å². The molecule has 1 aliphatic heterocycles. The number of anilines is 2. The molecule has 2 N–H and O–H groups in total. The number of rotatable bonds is 4. The molecule has 0 radical (unpaired) electrons. The highest BCUT2D eigenvalue weighted by molar-refractivity contribution is 6.01. The molecule has 0 saturated heterocycles. The summed E-state index contributed by atoms with van der Waals surface area (Å²) in [7, 11) is 1.51. The average Bonchev–Trinajstić information content (AvgIpc) is 2.56. The molecule has 2 aromatic rings. The second kappa shape index (κ2) is 6.35. The van der Waals surface area contributed by atoms with Crippen molar-refractivity contribution < 1.29 is 19.1 Å². The van der Waals surface area contributed by atoms with E-state index in [0.29, 0.717) is 23.0 Å². The largest absolute Gasteiger partial charge is 0.481 e. The SMILES string of the molecule is COc1ccc(NC(=O)C[C@H]2Oc3ccccc3NC2=O)cn1. The summed E-state index contributed by atoms with van der Waals surface area (Å²) in [6.07, 6.45) is 0.524. The Kier molecular flexibility index (Phi) is 4.09. The molecule has 2 amide bonds. The second-order valence-electron chi connectivity index (χ2n) is 4.93. The Hall–Kier alpha value is -3.09. The molecular formula is C16H15N3O4. The normalized spacial score (nSPS) is 15.9. The summed E-state index contributed by atoms with van der Waals surface area (Å²) in [5.41, 5.74) is 1.13. The van der Waals surface area contributed by atoms with Crippen LogP contribution in [0.25, 0.3) is 0 Å². The zero-order chi connectivity index (χ0) is 16.2. The van der Waals surface area contributed by atoms with Crippen molar-refractivity contribution >= 4 is 23.2 Å². The highest BCUT2D eigenvalue weighted by atomic mass is 16.5. The number of benzene rings is 1. The molecule has 23 heavy (non-hydrogen) atoms. The fourth-order valence-corrected chi connectivity index (χ4v) is 2.18.